The molecule has 0 amide bonds. The summed E-state index contributed by atoms with van der Waals surface area (Å²) in [5, 5.41) is 10.4. The van der Waals surface area contributed by atoms with E-state index >= 15 is 0 Å². The first-order valence-electron chi connectivity index (χ1n) is 6.55. The van der Waals surface area contributed by atoms with Gasteiger partial charge in [-0.25, -0.2) is 0 Å². The molecule has 0 aliphatic carbocycles. The average Bonchev–Trinajstić information content (AvgIpc) is 2.87. The van der Waals surface area contributed by atoms with Gasteiger partial charge in [-0.15, -0.1) is 0 Å². The first-order valence-corrected chi connectivity index (χ1v) is 6.55. The van der Waals surface area contributed by atoms with Crippen LogP contribution >= 0.6 is 0 Å². The zero-order valence-electron chi connectivity index (χ0n) is 11.3. The predicted octanol–water partition coefficient (Wildman–Crippen LogP) is 3.68. The number of nitrogens with zero attached hydrogens (tertiary/aromatic N) is 2. The van der Waals surface area contributed by atoms with E-state index in [0.717, 1.165) is 23.3 Å². The fourth-order valence-electron chi connectivity index (χ4n) is 2.46. The number of anilines is 1. The Bertz CT molecular complexity index is 766. The Morgan fingerprint density at radius 3 is 2.50 bits per heavy atom. The van der Waals surface area contributed by atoms with Gasteiger partial charge in [0.2, 0.25) is 0 Å². The van der Waals surface area contributed by atoms with Gasteiger partial charge in [0.15, 0.2) is 0 Å². The summed E-state index contributed by atoms with van der Waals surface area (Å²) >= 11 is 0. The van der Waals surface area contributed by atoms with Crippen LogP contribution < -0.4 is 4.90 Å². The quantitative estimate of drug-likeness (QED) is 0.781. The highest BCUT2D eigenvalue weighted by Gasteiger charge is 2.14. The van der Waals surface area contributed by atoms with Crippen LogP contribution in [0.15, 0.2) is 54.6 Å². The van der Waals surface area contributed by atoms with Crippen molar-refractivity contribution in [3.05, 3.63) is 65.7 Å². The molecule has 3 nitrogen and oxygen atoms in total. The van der Waals surface area contributed by atoms with Gasteiger partial charge in [0.1, 0.15) is 17.5 Å². The van der Waals surface area contributed by atoms with Crippen molar-refractivity contribution >= 4 is 16.7 Å². The van der Waals surface area contributed by atoms with Crippen LogP contribution in [0.25, 0.3) is 10.9 Å². The lowest BCUT2D eigenvalue weighted by atomic mass is 10.1. The summed E-state index contributed by atoms with van der Waals surface area (Å²) in [6, 6.07) is 20.5. The number of fused-ring (bicyclic) bond motifs is 1. The maximum absolute atomic E-state index is 9.42. The number of H-pyrrole nitrogens is 1. The Morgan fingerprint density at radius 1 is 1.05 bits per heavy atom. The highest BCUT2D eigenvalue weighted by molar-refractivity contribution is 5.91. The number of nitriles is 1. The van der Waals surface area contributed by atoms with E-state index in [9.17, 15) is 5.26 Å². The molecule has 0 saturated heterocycles. The molecule has 0 radical (unpaired) electrons. The van der Waals surface area contributed by atoms with Crippen molar-refractivity contribution in [2.75, 3.05) is 11.9 Å². The van der Waals surface area contributed by atoms with E-state index in [1.807, 2.05) is 49.5 Å². The molecule has 1 aromatic heterocycles. The predicted molar refractivity (Wildman–Crippen MR) is 81.6 cm³/mol. The smallest absolute Gasteiger partial charge is 0.125 e. The number of hydrogen-bond acceptors (Lipinski definition) is 2. The van der Waals surface area contributed by atoms with Crippen LogP contribution in [0.3, 0.4) is 0 Å². The van der Waals surface area contributed by atoms with Gasteiger partial charge in [-0.2, -0.15) is 5.26 Å². The second-order valence-electron chi connectivity index (χ2n) is 4.85. The number of aromatic amines is 1. The SMILES string of the molecule is CN(Cc1ccccc1)c1[nH]c2ccccc2c1C#N. The van der Waals surface area contributed by atoms with Gasteiger partial charge in [-0.05, 0) is 11.6 Å². The molecule has 3 aromatic rings. The van der Waals surface area contributed by atoms with Crippen LogP contribution in [0.2, 0.25) is 0 Å². The second kappa shape index (κ2) is 5.10. The number of benzene rings is 2. The fourth-order valence-corrected chi connectivity index (χ4v) is 2.46. The monoisotopic (exact) mass is 261 g/mol. The standard InChI is InChI=1S/C17H15N3/c1-20(12-13-7-3-2-4-8-13)17-15(11-18)14-9-5-6-10-16(14)19-17/h2-10,19H,12H2,1H3. The fraction of sp³-hybridized carbons (Fsp3) is 0.118. The zero-order chi connectivity index (χ0) is 13.9. The maximum Gasteiger partial charge on any atom is 0.125 e. The van der Waals surface area contributed by atoms with Crippen molar-refractivity contribution < 1.29 is 0 Å². The van der Waals surface area contributed by atoms with E-state index in [-0.39, 0.29) is 0 Å². The van der Waals surface area contributed by atoms with Crippen molar-refractivity contribution in [3.63, 3.8) is 0 Å². The molecule has 0 aliphatic rings. The topological polar surface area (TPSA) is 42.8 Å². The molecule has 0 saturated carbocycles. The Labute approximate surface area is 118 Å². The van der Waals surface area contributed by atoms with Crippen molar-refractivity contribution in [3.8, 4) is 6.07 Å². The van der Waals surface area contributed by atoms with Gasteiger partial charge in [0.05, 0.1) is 0 Å². The largest absolute Gasteiger partial charge is 0.356 e. The molecule has 0 atom stereocenters. The molecule has 1 N–H and O–H groups in total. The Kier molecular flexibility index (Phi) is 3.14. The first kappa shape index (κ1) is 12.3. The number of hydrogen-bond donors (Lipinski definition) is 1. The van der Waals surface area contributed by atoms with Crippen LogP contribution in [0.4, 0.5) is 5.82 Å². The van der Waals surface area contributed by atoms with Gasteiger partial charge in [0.25, 0.3) is 0 Å². The number of nitrogens with one attached hydrogen (secondary N) is 1. The Morgan fingerprint density at radius 2 is 1.75 bits per heavy atom. The summed E-state index contributed by atoms with van der Waals surface area (Å²) in [5.41, 5.74) is 2.93. The highest BCUT2D eigenvalue weighted by atomic mass is 15.2. The molecule has 2 aromatic carbocycles. The van der Waals surface area contributed by atoms with Gasteiger partial charge >= 0.3 is 0 Å². The third-order valence-electron chi connectivity index (χ3n) is 3.44. The van der Waals surface area contributed by atoms with Crippen LogP contribution in [-0.2, 0) is 6.54 Å². The van der Waals surface area contributed by atoms with Crippen LogP contribution in [0.1, 0.15) is 11.1 Å². The average molecular weight is 261 g/mol. The van der Waals surface area contributed by atoms with Gasteiger partial charge in [-0.1, -0.05) is 48.5 Å². The van der Waals surface area contributed by atoms with E-state index in [0.29, 0.717) is 5.56 Å². The lowest BCUT2D eigenvalue weighted by Gasteiger charge is -2.18. The van der Waals surface area contributed by atoms with E-state index < -0.39 is 0 Å². The van der Waals surface area contributed by atoms with Gasteiger partial charge < -0.3 is 9.88 Å². The molecule has 3 heteroatoms. The molecule has 1 heterocycles. The third kappa shape index (κ3) is 2.12. The molecule has 98 valence electrons. The molecule has 0 unspecified atom stereocenters. The lowest BCUT2D eigenvalue weighted by Crippen LogP contribution is -2.17. The van der Waals surface area contributed by atoms with Crippen molar-refractivity contribution in [2.45, 2.75) is 6.54 Å². The van der Waals surface area contributed by atoms with Crippen molar-refractivity contribution in [1.82, 2.24) is 4.98 Å². The minimum atomic E-state index is 0.707. The molecular weight excluding hydrogens is 246 g/mol. The van der Waals surface area contributed by atoms with Crippen LogP contribution in [0, 0.1) is 11.3 Å². The zero-order valence-corrected chi connectivity index (χ0v) is 11.3. The Hall–Kier alpha value is -2.73. The Balaban J connectivity index is 1.99. The molecule has 20 heavy (non-hydrogen) atoms. The maximum atomic E-state index is 9.42. The minimum absolute atomic E-state index is 0.707. The van der Waals surface area contributed by atoms with E-state index in [2.05, 4.69) is 28.1 Å². The molecule has 0 bridgehead atoms. The van der Waals surface area contributed by atoms with Crippen molar-refractivity contribution in [2.24, 2.45) is 0 Å². The van der Waals surface area contributed by atoms with Gasteiger partial charge in [-0.3, -0.25) is 0 Å². The van der Waals surface area contributed by atoms with E-state index in [1.54, 1.807) is 0 Å². The molecule has 0 spiro atoms. The van der Waals surface area contributed by atoms with Crippen molar-refractivity contribution in [1.29, 1.82) is 5.26 Å². The number of aromatic nitrogens is 1. The summed E-state index contributed by atoms with van der Waals surface area (Å²) in [6.07, 6.45) is 0. The summed E-state index contributed by atoms with van der Waals surface area (Å²) < 4.78 is 0. The summed E-state index contributed by atoms with van der Waals surface area (Å²) in [4.78, 5) is 5.42. The molecule has 3 rings (SSSR count). The summed E-state index contributed by atoms with van der Waals surface area (Å²) in [7, 11) is 2.00. The highest BCUT2D eigenvalue weighted by Crippen LogP contribution is 2.28. The third-order valence-corrected chi connectivity index (χ3v) is 3.44. The van der Waals surface area contributed by atoms with Crippen LogP contribution in [0.5, 0.6) is 0 Å². The summed E-state index contributed by atoms with van der Waals surface area (Å²) in [6.45, 7) is 0.766. The molecule has 0 fully saturated rings. The van der Waals surface area contributed by atoms with Crippen LogP contribution in [-0.4, -0.2) is 12.0 Å². The minimum Gasteiger partial charge on any atom is -0.356 e. The number of rotatable bonds is 3. The number of para-hydroxylation sites is 1. The second-order valence-corrected chi connectivity index (χ2v) is 4.85. The molecular formula is C17H15N3. The normalized spacial score (nSPS) is 10.4. The van der Waals surface area contributed by atoms with E-state index in [4.69, 9.17) is 0 Å². The lowest BCUT2D eigenvalue weighted by molar-refractivity contribution is 0.905. The van der Waals surface area contributed by atoms with E-state index in [1.165, 1.54) is 5.56 Å². The van der Waals surface area contributed by atoms with Gasteiger partial charge in [0, 0.05) is 24.5 Å². The first-order chi connectivity index (χ1) is 9.79. The summed E-state index contributed by atoms with van der Waals surface area (Å²) in [5.74, 6) is 0.873. The molecule has 0 aliphatic heterocycles.